The third-order valence-electron chi connectivity index (χ3n) is 5.74. The molecule has 28 heavy (non-hydrogen) atoms. The van der Waals surface area contributed by atoms with E-state index >= 15 is 0 Å². The van der Waals surface area contributed by atoms with Crippen molar-refractivity contribution in [2.24, 2.45) is 0 Å². The van der Waals surface area contributed by atoms with Gasteiger partial charge >= 0.3 is 0 Å². The molecule has 0 radical (unpaired) electrons. The van der Waals surface area contributed by atoms with Gasteiger partial charge in [-0.2, -0.15) is 0 Å². The Morgan fingerprint density at radius 2 is 1.61 bits per heavy atom. The number of benzene rings is 2. The lowest BCUT2D eigenvalue weighted by Gasteiger charge is -2.40. The summed E-state index contributed by atoms with van der Waals surface area (Å²) in [6.07, 6.45) is -2.81. The molecule has 1 aliphatic carbocycles. The first-order valence-electron chi connectivity index (χ1n) is 9.69. The molecule has 6 nitrogen and oxygen atoms in total. The van der Waals surface area contributed by atoms with Gasteiger partial charge in [0.1, 0.15) is 36.3 Å². The van der Waals surface area contributed by atoms with Crippen LogP contribution in [0.4, 0.5) is 0 Å². The number of ether oxygens (including phenoxy) is 1. The fraction of sp³-hybridized carbons (Fsp3) is 0.455. The molecule has 0 spiro atoms. The smallest absolute Gasteiger partial charge is 0.115 e. The van der Waals surface area contributed by atoms with Gasteiger partial charge in [-0.15, -0.1) is 0 Å². The van der Waals surface area contributed by atoms with E-state index in [0.29, 0.717) is 17.9 Å². The highest BCUT2D eigenvalue weighted by atomic mass is 16.5. The van der Waals surface area contributed by atoms with E-state index in [9.17, 15) is 25.5 Å². The number of phenols is 1. The maximum atomic E-state index is 10.4. The van der Waals surface area contributed by atoms with Crippen LogP contribution in [-0.4, -0.2) is 56.6 Å². The van der Waals surface area contributed by atoms with Crippen LogP contribution in [0.5, 0.6) is 5.75 Å². The second-order valence-corrected chi connectivity index (χ2v) is 7.83. The minimum Gasteiger partial charge on any atom is -0.508 e. The van der Waals surface area contributed by atoms with E-state index in [1.165, 1.54) is 5.56 Å². The SMILES string of the molecule is OC[C@H]1O[C@@H](c2ccc(C3CC3)c(Cc3ccc(O)cc3)c2)[C@H](O)[C@@H](O)[C@@H]1O. The molecule has 4 rings (SSSR count). The number of aliphatic hydroxyl groups is 4. The lowest BCUT2D eigenvalue weighted by molar-refractivity contribution is -0.231. The summed E-state index contributed by atoms with van der Waals surface area (Å²) in [5.74, 6) is 0.761. The molecule has 5 N–H and O–H groups in total. The molecule has 2 aliphatic rings. The van der Waals surface area contributed by atoms with Gasteiger partial charge in [0.15, 0.2) is 0 Å². The Morgan fingerprint density at radius 3 is 2.25 bits per heavy atom. The molecule has 2 aromatic rings. The summed E-state index contributed by atoms with van der Waals surface area (Å²) in [5.41, 5.74) is 4.14. The van der Waals surface area contributed by atoms with Crippen LogP contribution in [0, 0.1) is 0 Å². The second kappa shape index (κ2) is 7.81. The molecule has 0 aromatic heterocycles. The third-order valence-corrected chi connectivity index (χ3v) is 5.74. The summed E-state index contributed by atoms with van der Waals surface area (Å²) < 4.78 is 5.71. The number of rotatable bonds is 5. The van der Waals surface area contributed by atoms with Crippen molar-refractivity contribution in [1.29, 1.82) is 0 Å². The van der Waals surface area contributed by atoms with Crippen LogP contribution in [0.15, 0.2) is 42.5 Å². The first-order chi connectivity index (χ1) is 13.5. The Labute approximate surface area is 163 Å². The Kier molecular flexibility index (Phi) is 5.40. The Balaban J connectivity index is 1.65. The quantitative estimate of drug-likeness (QED) is 0.531. The first kappa shape index (κ1) is 19.4. The van der Waals surface area contributed by atoms with E-state index in [2.05, 4.69) is 0 Å². The van der Waals surface area contributed by atoms with E-state index < -0.39 is 37.1 Å². The molecular weight excluding hydrogens is 360 g/mol. The van der Waals surface area contributed by atoms with Gasteiger partial charge in [-0.25, -0.2) is 0 Å². The molecule has 1 heterocycles. The highest BCUT2D eigenvalue weighted by molar-refractivity contribution is 5.41. The summed E-state index contributed by atoms with van der Waals surface area (Å²) in [4.78, 5) is 0. The van der Waals surface area contributed by atoms with Gasteiger partial charge in [-0.1, -0.05) is 30.3 Å². The van der Waals surface area contributed by atoms with Gasteiger partial charge < -0.3 is 30.3 Å². The minimum atomic E-state index is -1.39. The molecule has 1 saturated heterocycles. The summed E-state index contributed by atoms with van der Waals surface area (Å²) in [6.45, 7) is -0.442. The maximum absolute atomic E-state index is 10.4. The normalized spacial score (nSPS) is 30.4. The Hall–Kier alpha value is -1.96. The molecule has 2 fully saturated rings. The fourth-order valence-corrected chi connectivity index (χ4v) is 3.96. The topological polar surface area (TPSA) is 110 Å². The molecule has 1 saturated carbocycles. The highest BCUT2D eigenvalue weighted by Gasteiger charge is 2.44. The number of phenolic OH excluding ortho intramolecular Hbond substituents is 1. The Morgan fingerprint density at radius 1 is 0.893 bits per heavy atom. The first-order valence-corrected chi connectivity index (χ1v) is 9.69. The van der Waals surface area contributed by atoms with Crippen molar-refractivity contribution in [3.8, 4) is 5.75 Å². The van der Waals surface area contributed by atoms with Crippen molar-refractivity contribution < 1.29 is 30.3 Å². The largest absolute Gasteiger partial charge is 0.508 e. The average molecular weight is 386 g/mol. The van der Waals surface area contributed by atoms with Crippen LogP contribution >= 0.6 is 0 Å². The van der Waals surface area contributed by atoms with E-state index in [1.54, 1.807) is 12.1 Å². The molecule has 150 valence electrons. The molecule has 6 heteroatoms. The molecule has 0 unspecified atom stereocenters. The third kappa shape index (κ3) is 3.79. The monoisotopic (exact) mass is 386 g/mol. The van der Waals surface area contributed by atoms with Gasteiger partial charge in [0.05, 0.1) is 6.61 Å². The van der Waals surface area contributed by atoms with Crippen LogP contribution in [0.2, 0.25) is 0 Å². The number of hydrogen-bond donors (Lipinski definition) is 5. The van der Waals surface area contributed by atoms with Gasteiger partial charge in [-0.05, 0) is 59.6 Å². The van der Waals surface area contributed by atoms with Crippen molar-refractivity contribution in [2.45, 2.75) is 55.7 Å². The zero-order valence-electron chi connectivity index (χ0n) is 15.5. The van der Waals surface area contributed by atoms with Crippen molar-refractivity contribution in [1.82, 2.24) is 0 Å². The molecule has 2 aromatic carbocycles. The molecule has 0 amide bonds. The predicted molar refractivity (Wildman–Crippen MR) is 102 cm³/mol. The lowest BCUT2D eigenvalue weighted by atomic mass is 9.88. The number of aliphatic hydroxyl groups excluding tert-OH is 4. The highest BCUT2D eigenvalue weighted by Crippen LogP contribution is 2.43. The number of aromatic hydroxyl groups is 1. The fourth-order valence-electron chi connectivity index (χ4n) is 3.96. The van der Waals surface area contributed by atoms with Crippen LogP contribution in [0.1, 0.15) is 47.1 Å². The van der Waals surface area contributed by atoms with Crippen molar-refractivity contribution in [3.63, 3.8) is 0 Å². The summed E-state index contributed by atoms with van der Waals surface area (Å²) in [6, 6.07) is 13.0. The molecule has 1 aliphatic heterocycles. The van der Waals surface area contributed by atoms with Crippen molar-refractivity contribution in [2.75, 3.05) is 6.61 Å². The maximum Gasteiger partial charge on any atom is 0.115 e. The molecule has 5 atom stereocenters. The van der Waals surface area contributed by atoms with E-state index in [4.69, 9.17) is 4.74 Å². The van der Waals surface area contributed by atoms with Crippen LogP contribution in [0.3, 0.4) is 0 Å². The summed E-state index contributed by atoms with van der Waals surface area (Å²) >= 11 is 0. The zero-order valence-corrected chi connectivity index (χ0v) is 15.5. The van der Waals surface area contributed by atoms with E-state index in [1.807, 2.05) is 30.3 Å². The molecular formula is C22H26O6. The van der Waals surface area contributed by atoms with Gasteiger partial charge in [0.2, 0.25) is 0 Å². The Bertz CT molecular complexity index is 814. The van der Waals surface area contributed by atoms with Crippen LogP contribution < -0.4 is 0 Å². The lowest BCUT2D eigenvalue weighted by Crippen LogP contribution is -2.55. The second-order valence-electron chi connectivity index (χ2n) is 7.83. The standard InChI is InChI=1S/C22H26O6/c23-11-18-19(25)20(26)21(27)22(28-18)14-5-8-17(13-3-4-13)15(10-14)9-12-1-6-16(24)7-2-12/h1-2,5-8,10,13,18-27H,3-4,9,11H2/t18-,19-,20+,21-,22+/m1/s1. The van der Waals surface area contributed by atoms with E-state index in [-0.39, 0.29) is 5.75 Å². The van der Waals surface area contributed by atoms with Crippen LogP contribution in [0.25, 0.3) is 0 Å². The zero-order chi connectivity index (χ0) is 19.8. The van der Waals surface area contributed by atoms with Crippen LogP contribution in [-0.2, 0) is 11.2 Å². The van der Waals surface area contributed by atoms with Crippen molar-refractivity contribution in [3.05, 3.63) is 64.7 Å². The van der Waals surface area contributed by atoms with E-state index in [0.717, 1.165) is 24.0 Å². The number of hydrogen-bond acceptors (Lipinski definition) is 6. The van der Waals surface area contributed by atoms with Gasteiger partial charge in [-0.3, -0.25) is 0 Å². The van der Waals surface area contributed by atoms with Gasteiger partial charge in [0, 0.05) is 0 Å². The average Bonchev–Trinajstić information content (AvgIpc) is 3.53. The van der Waals surface area contributed by atoms with Gasteiger partial charge in [0.25, 0.3) is 0 Å². The minimum absolute atomic E-state index is 0.223. The summed E-state index contributed by atoms with van der Waals surface area (Å²) in [7, 11) is 0. The summed E-state index contributed by atoms with van der Waals surface area (Å²) in [5, 5.41) is 49.5. The predicted octanol–water partition coefficient (Wildman–Crippen LogP) is 1.38. The molecule has 0 bridgehead atoms. The van der Waals surface area contributed by atoms with Crippen molar-refractivity contribution >= 4 is 0 Å².